The minimum atomic E-state index is -0.512. The van der Waals surface area contributed by atoms with Crippen LogP contribution in [0.2, 0.25) is 10.0 Å². The van der Waals surface area contributed by atoms with Crippen molar-refractivity contribution in [2.75, 3.05) is 0 Å². The zero-order valence-electron chi connectivity index (χ0n) is 13.3. The van der Waals surface area contributed by atoms with E-state index in [1.54, 1.807) is 30.5 Å². The fourth-order valence-electron chi connectivity index (χ4n) is 2.68. The first-order chi connectivity index (χ1) is 11.9. The molecule has 5 nitrogen and oxygen atoms in total. The number of guanidine groups is 1. The number of nitrogens with zero attached hydrogens (tertiary/aromatic N) is 2. The minimum absolute atomic E-state index is 0.282. The van der Waals surface area contributed by atoms with E-state index in [9.17, 15) is 4.79 Å². The number of aromatic nitrogens is 1. The fraction of sp³-hybridized carbons (Fsp3) is 0.0556. The molecule has 0 saturated carbocycles. The van der Waals surface area contributed by atoms with Gasteiger partial charge in [0.25, 0.3) is 5.91 Å². The standard InChI is InChI=1S/C18H14Cl2N4O/c1-9-6-10(17(25)24-18(21)22)7-14-12(4-5-23-16(9)14)13-3-2-11(19)8-15(13)20/h2-8H,1H3,(H4,21,22,24,25). The number of pyridine rings is 1. The molecule has 1 aromatic heterocycles. The number of fused-ring (bicyclic) bond motifs is 1. The summed E-state index contributed by atoms with van der Waals surface area (Å²) < 4.78 is 0. The summed E-state index contributed by atoms with van der Waals surface area (Å²) in [5.74, 6) is -0.795. The SMILES string of the molecule is Cc1cc(C(=O)N=C(N)N)cc2c(-c3ccc(Cl)cc3Cl)ccnc12. The average Bonchev–Trinajstić information content (AvgIpc) is 2.54. The van der Waals surface area contributed by atoms with Crippen LogP contribution >= 0.6 is 23.2 Å². The van der Waals surface area contributed by atoms with Crippen LogP contribution in [-0.2, 0) is 0 Å². The highest BCUT2D eigenvalue weighted by Gasteiger charge is 2.14. The molecular weight excluding hydrogens is 359 g/mol. The summed E-state index contributed by atoms with van der Waals surface area (Å²) in [6, 6.07) is 10.5. The number of nitrogens with two attached hydrogens (primary N) is 2. The van der Waals surface area contributed by atoms with Gasteiger partial charge < -0.3 is 11.5 Å². The second-order valence-corrected chi connectivity index (χ2v) is 6.36. The molecule has 1 heterocycles. The molecule has 0 radical (unpaired) electrons. The van der Waals surface area contributed by atoms with Crippen molar-refractivity contribution in [1.29, 1.82) is 0 Å². The Morgan fingerprint density at radius 2 is 1.84 bits per heavy atom. The second kappa shape index (κ2) is 6.70. The van der Waals surface area contributed by atoms with Crippen LogP contribution in [0.25, 0.3) is 22.0 Å². The first kappa shape index (κ1) is 17.2. The third-order valence-electron chi connectivity index (χ3n) is 3.73. The van der Waals surface area contributed by atoms with E-state index in [0.717, 1.165) is 27.6 Å². The van der Waals surface area contributed by atoms with Gasteiger partial charge in [0.2, 0.25) is 0 Å². The quantitative estimate of drug-likeness (QED) is 0.526. The topological polar surface area (TPSA) is 94.4 Å². The molecule has 4 N–H and O–H groups in total. The number of rotatable bonds is 2. The van der Waals surface area contributed by atoms with Gasteiger partial charge in [-0.05, 0) is 48.4 Å². The summed E-state index contributed by atoms with van der Waals surface area (Å²) in [5.41, 5.74) is 14.2. The first-order valence-corrected chi connectivity index (χ1v) is 8.11. The molecule has 0 spiro atoms. The Morgan fingerprint density at radius 3 is 2.52 bits per heavy atom. The number of aliphatic imine (C=N–C) groups is 1. The highest BCUT2D eigenvalue weighted by atomic mass is 35.5. The zero-order valence-corrected chi connectivity index (χ0v) is 14.8. The third kappa shape index (κ3) is 3.43. The normalized spacial score (nSPS) is 10.7. The predicted molar refractivity (Wildman–Crippen MR) is 102 cm³/mol. The monoisotopic (exact) mass is 372 g/mol. The van der Waals surface area contributed by atoms with Gasteiger partial charge in [-0.3, -0.25) is 9.78 Å². The Balaban J connectivity index is 2.28. The summed E-state index contributed by atoms with van der Waals surface area (Å²) in [6.45, 7) is 1.87. The average molecular weight is 373 g/mol. The highest BCUT2D eigenvalue weighted by Crippen LogP contribution is 2.35. The van der Waals surface area contributed by atoms with Gasteiger partial charge in [-0.25, -0.2) is 0 Å². The van der Waals surface area contributed by atoms with Crippen molar-refractivity contribution in [3.05, 3.63) is 63.8 Å². The highest BCUT2D eigenvalue weighted by molar-refractivity contribution is 6.36. The minimum Gasteiger partial charge on any atom is -0.370 e. The third-order valence-corrected chi connectivity index (χ3v) is 4.28. The van der Waals surface area contributed by atoms with Crippen LogP contribution in [0, 0.1) is 6.92 Å². The maximum Gasteiger partial charge on any atom is 0.280 e. The molecule has 1 amide bonds. The summed E-state index contributed by atoms with van der Waals surface area (Å²) in [5, 5.41) is 1.84. The number of benzene rings is 2. The molecule has 126 valence electrons. The van der Waals surface area contributed by atoms with Gasteiger partial charge in [0.05, 0.1) is 5.52 Å². The Morgan fingerprint density at radius 1 is 1.08 bits per heavy atom. The van der Waals surface area contributed by atoms with E-state index in [-0.39, 0.29) is 5.96 Å². The molecule has 7 heteroatoms. The number of hydrogen-bond acceptors (Lipinski definition) is 2. The van der Waals surface area contributed by atoms with Gasteiger partial charge in [0, 0.05) is 32.8 Å². The lowest BCUT2D eigenvalue weighted by molar-refractivity contribution is 0.100. The largest absolute Gasteiger partial charge is 0.370 e. The van der Waals surface area contributed by atoms with Gasteiger partial charge in [-0.2, -0.15) is 4.99 Å². The van der Waals surface area contributed by atoms with Crippen LogP contribution in [-0.4, -0.2) is 16.9 Å². The van der Waals surface area contributed by atoms with E-state index >= 15 is 0 Å². The van der Waals surface area contributed by atoms with Crippen LogP contribution in [0.5, 0.6) is 0 Å². The van der Waals surface area contributed by atoms with Crippen molar-refractivity contribution in [2.45, 2.75) is 6.92 Å². The number of amides is 1. The van der Waals surface area contributed by atoms with E-state index in [1.807, 2.05) is 19.1 Å². The van der Waals surface area contributed by atoms with Crippen LogP contribution < -0.4 is 11.5 Å². The maximum absolute atomic E-state index is 12.2. The van der Waals surface area contributed by atoms with Crippen LogP contribution in [0.3, 0.4) is 0 Å². The lowest BCUT2D eigenvalue weighted by atomic mass is 9.97. The van der Waals surface area contributed by atoms with Crippen molar-refractivity contribution >= 4 is 46.0 Å². The summed E-state index contributed by atoms with van der Waals surface area (Å²) >= 11 is 12.3. The molecule has 25 heavy (non-hydrogen) atoms. The van der Waals surface area contributed by atoms with Crippen molar-refractivity contribution in [2.24, 2.45) is 16.5 Å². The zero-order chi connectivity index (χ0) is 18.1. The van der Waals surface area contributed by atoms with Crippen molar-refractivity contribution in [3.63, 3.8) is 0 Å². The molecule has 2 aromatic carbocycles. The van der Waals surface area contributed by atoms with Crippen LogP contribution in [0.15, 0.2) is 47.6 Å². The van der Waals surface area contributed by atoms with Gasteiger partial charge in [-0.15, -0.1) is 0 Å². The maximum atomic E-state index is 12.2. The van der Waals surface area contributed by atoms with Gasteiger partial charge in [-0.1, -0.05) is 29.3 Å². The summed E-state index contributed by atoms with van der Waals surface area (Å²) in [4.78, 5) is 20.2. The molecule has 0 aliphatic carbocycles. The molecule has 0 bridgehead atoms. The van der Waals surface area contributed by atoms with Crippen molar-refractivity contribution in [3.8, 4) is 11.1 Å². The molecule has 0 fully saturated rings. The van der Waals surface area contributed by atoms with E-state index in [4.69, 9.17) is 34.7 Å². The molecule has 0 atom stereocenters. The number of hydrogen-bond donors (Lipinski definition) is 2. The fourth-order valence-corrected chi connectivity index (χ4v) is 3.19. The van der Waals surface area contributed by atoms with Gasteiger partial charge >= 0.3 is 0 Å². The van der Waals surface area contributed by atoms with Crippen molar-refractivity contribution in [1.82, 2.24) is 4.98 Å². The molecular formula is C18H14Cl2N4O. The molecule has 3 aromatic rings. The van der Waals surface area contributed by atoms with E-state index in [0.29, 0.717) is 15.6 Å². The molecule has 0 aliphatic rings. The lowest BCUT2D eigenvalue weighted by Crippen LogP contribution is -2.24. The second-order valence-electron chi connectivity index (χ2n) is 5.51. The predicted octanol–water partition coefficient (Wildman–Crippen LogP) is 3.93. The number of carbonyl (C=O) groups excluding carboxylic acids is 1. The first-order valence-electron chi connectivity index (χ1n) is 7.35. The Labute approximate surface area is 154 Å². The summed E-state index contributed by atoms with van der Waals surface area (Å²) in [6.07, 6.45) is 1.70. The van der Waals surface area contributed by atoms with Gasteiger partial charge in [0.1, 0.15) is 0 Å². The number of aryl methyl sites for hydroxylation is 1. The van der Waals surface area contributed by atoms with Gasteiger partial charge in [0.15, 0.2) is 5.96 Å². The molecule has 3 rings (SSSR count). The Hall–Kier alpha value is -2.63. The summed E-state index contributed by atoms with van der Waals surface area (Å²) in [7, 11) is 0. The van der Waals surface area contributed by atoms with Crippen LogP contribution in [0.1, 0.15) is 15.9 Å². The molecule has 0 aliphatic heterocycles. The lowest BCUT2D eigenvalue weighted by Gasteiger charge is -2.11. The number of carbonyl (C=O) groups is 1. The molecule has 0 saturated heterocycles. The van der Waals surface area contributed by atoms with E-state index in [2.05, 4.69) is 9.98 Å². The van der Waals surface area contributed by atoms with Crippen LogP contribution in [0.4, 0.5) is 0 Å². The van der Waals surface area contributed by atoms with E-state index < -0.39 is 5.91 Å². The number of halogens is 2. The Kier molecular flexibility index (Phi) is 4.61. The van der Waals surface area contributed by atoms with Crippen molar-refractivity contribution < 1.29 is 4.79 Å². The smallest absolute Gasteiger partial charge is 0.280 e. The Bertz CT molecular complexity index is 1030. The van der Waals surface area contributed by atoms with E-state index in [1.165, 1.54) is 0 Å². The molecule has 0 unspecified atom stereocenters.